The van der Waals surface area contributed by atoms with Crippen LogP contribution in [0, 0.1) is 13.8 Å². The molecule has 0 aromatic heterocycles. The van der Waals surface area contributed by atoms with E-state index in [1.165, 1.54) is 11.1 Å². The van der Waals surface area contributed by atoms with Gasteiger partial charge >= 0.3 is 0 Å². The van der Waals surface area contributed by atoms with Crippen LogP contribution in [0.15, 0.2) is 18.2 Å². The molecule has 23 heavy (non-hydrogen) atoms. The van der Waals surface area contributed by atoms with Gasteiger partial charge in [0.05, 0.1) is 13.1 Å². The number of carbonyl (C=O) groups is 2. The first-order chi connectivity index (χ1) is 10.7. The van der Waals surface area contributed by atoms with Gasteiger partial charge in [0, 0.05) is 19.6 Å². The third-order valence-electron chi connectivity index (χ3n) is 3.60. The van der Waals surface area contributed by atoms with Gasteiger partial charge in [-0.25, -0.2) is 0 Å². The Morgan fingerprint density at radius 2 is 1.78 bits per heavy atom. The second-order valence-corrected chi connectivity index (χ2v) is 6.57. The summed E-state index contributed by atoms with van der Waals surface area (Å²) in [5.74, 6) is -0.0582. The first-order valence-electron chi connectivity index (χ1n) is 7.97. The molecule has 0 fully saturated rings. The molecule has 0 aliphatic rings. The number of nitrogens with one attached hydrogen (secondary N) is 1. The molecular formula is C18H29N3O2. The molecule has 0 radical (unpaired) electrons. The lowest BCUT2D eigenvalue weighted by Crippen LogP contribution is -2.42. The van der Waals surface area contributed by atoms with Crippen molar-refractivity contribution in [1.29, 1.82) is 0 Å². The summed E-state index contributed by atoms with van der Waals surface area (Å²) in [5, 5.41) is 2.82. The summed E-state index contributed by atoms with van der Waals surface area (Å²) in [6.07, 6.45) is 0. The maximum absolute atomic E-state index is 12.3. The third-order valence-corrected chi connectivity index (χ3v) is 3.60. The van der Waals surface area contributed by atoms with E-state index in [1.807, 2.05) is 13.8 Å². The molecule has 0 aliphatic heterocycles. The lowest BCUT2D eigenvalue weighted by atomic mass is 10.1. The van der Waals surface area contributed by atoms with Gasteiger partial charge in [-0.3, -0.25) is 14.5 Å². The van der Waals surface area contributed by atoms with E-state index in [0.29, 0.717) is 6.54 Å². The number of nitrogens with zero attached hydrogens (tertiary/aromatic N) is 2. The summed E-state index contributed by atoms with van der Waals surface area (Å²) < 4.78 is 0. The van der Waals surface area contributed by atoms with Crippen molar-refractivity contribution in [3.63, 3.8) is 0 Å². The minimum absolute atomic E-state index is 0.00446. The Morgan fingerprint density at radius 1 is 1.13 bits per heavy atom. The van der Waals surface area contributed by atoms with Crippen molar-refractivity contribution < 1.29 is 9.59 Å². The van der Waals surface area contributed by atoms with Crippen LogP contribution in [0.3, 0.4) is 0 Å². The highest BCUT2D eigenvalue weighted by atomic mass is 16.2. The zero-order valence-electron chi connectivity index (χ0n) is 15.1. The number of hydrogen-bond acceptors (Lipinski definition) is 3. The van der Waals surface area contributed by atoms with Crippen LogP contribution in [0.4, 0.5) is 0 Å². The predicted octanol–water partition coefficient (Wildman–Crippen LogP) is 1.72. The molecule has 0 spiro atoms. The average molecular weight is 319 g/mol. The van der Waals surface area contributed by atoms with Crippen LogP contribution in [0.5, 0.6) is 0 Å². The van der Waals surface area contributed by atoms with Gasteiger partial charge in [-0.05, 0) is 45.9 Å². The smallest absolute Gasteiger partial charge is 0.236 e. The van der Waals surface area contributed by atoms with Crippen molar-refractivity contribution in [3.8, 4) is 0 Å². The Hall–Kier alpha value is -1.88. The molecule has 2 amide bonds. The van der Waals surface area contributed by atoms with Crippen LogP contribution in [0.25, 0.3) is 0 Å². The molecule has 1 N–H and O–H groups in total. The largest absolute Gasteiger partial charge is 0.353 e. The van der Waals surface area contributed by atoms with E-state index in [2.05, 4.69) is 37.4 Å². The molecule has 0 aliphatic carbocycles. The predicted molar refractivity (Wildman–Crippen MR) is 93.2 cm³/mol. The van der Waals surface area contributed by atoms with Gasteiger partial charge in [-0.15, -0.1) is 0 Å². The van der Waals surface area contributed by atoms with Crippen molar-refractivity contribution in [1.82, 2.24) is 15.1 Å². The Balaban J connectivity index is 2.51. The zero-order chi connectivity index (χ0) is 17.6. The van der Waals surface area contributed by atoms with Crippen LogP contribution in [0.2, 0.25) is 0 Å². The molecule has 0 saturated carbocycles. The van der Waals surface area contributed by atoms with Crippen molar-refractivity contribution in [2.75, 3.05) is 27.2 Å². The van der Waals surface area contributed by atoms with Crippen LogP contribution >= 0.6 is 0 Å². The Bertz CT molecular complexity index is 555. The summed E-state index contributed by atoms with van der Waals surface area (Å²) >= 11 is 0. The van der Waals surface area contributed by atoms with Gasteiger partial charge in [-0.2, -0.15) is 0 Å². The highest BCUT2D eigenvalue weighted by molar-refractivity contribution is 5.81. The normalized spacial score (nSPS) is 11.0. The van der Waals surface area contributed by atoms with Crippen molar-refractivity contribution in [3.05, 3.63) is 34.9 Å². The Kier molecular flexibility index (Phi) is 7.23. The summed E-state index contributed by atoms with van der Waals surface area (Å²) in [5.41, 5.74) is 3.55. The highest BCUT2D eigenvalue weighted by Gasteiger charge is 2.15. The number of aryl methyl sites for hydroxylation is 2. The number of amides is 2. The van der Waals surface area contributed by atoms with E-state index < -0.39 is 0 Å². The quantitative estimate of drug-likeness (QED) is 0.832. The van der Waals surface area contributed by atoms with Gasteiger partial charge < -0.3 is 10.2 Å². The molecule has 0 atom stereocenters. The monoisotopic (exact) mass is 319 g/mol. The number of benzene rings is 1. The van der Waals surface area contributed by atoms with Gasteiger partial charge in [0.15, 0.2) is 0 Å². The van der Waals surface area contributed by atoms with Gasteiger partial charge in [-0.1, -0.05) is 23.8 Å². The molecule has 128 valence electrons. The van der Waals surface area contributed by atoms with E-state index in [1.54, 1.807) is 23.9 Å². The fourth-order valence-corrected chi connectivity index (χ4v) is 2.39. The first-order valence-corrected chi connectivity index (χ1v) is 7.97. The standard InChI is InChI=1S/C18H29N3O2/c1-13(2)19-17(22)11-20(5)12-18(23)21(6)10-16-8-7-14(3)9-15(16)4/h7-9,13H,10-12H2,1-6H3,(H,19,22). The molecular weight excluding hydrogens is 290 g/mol. The Labute approximate surface area is 139 Å². The van der Waals surface area contributed by atoms with Gasteiger partial charge in [0.2, 0.25) is 11.8 Å². The summed E-state index contributed by atoms with van der Waals surface area (Å²) in [6.45, 7) is 8.98. The summed E-state index contributed by atoms with van der Waals surface area (Å²) in [7, 11) is 3.58. The molecule has 5 nitrogen and oxygen atoms in total. The second-order valence-electron chi connectivity index (χ2n) is 6.57. The van der Waals surface area contributed by atoms with Crippen LogP contribution in [-0.2, 0) is 16.1 Å². The SMILES string of the molecule is Cc1ccc(CN(C)C(=O)CN(C)CC(=O)NC(C)C)c(C)c1. The van der Waals surface area contributed by atoms with E-state index in [9.17, 15) is 9.59 Å². The van der Waals surface area contributed by atoms with Crippen LogP contribution in [0.1, 0.15) is 30.5 Å². The first kappa shape index (κ1) is 19.2. The molecule has 1 rings (SSSR count). The second kappa shape index (κ2) is 8.67. The van der Waals surface area contributed by atoms with Crippen molar-refractivity contribution in [2.45, 2.75) is 40.3 Å². The number of rotatable bonds is 7. The molecule has 1 aromatic carbocycles. The van der Waals surface area contributed by atoms with Crippen LogP contribution in [-0.4, -0.2) is 54.8 Å². The average Bonchev–Trinajstić information content (AvgIpc) is 2.40. The summed E-state index contributed by atoms with van der Waals surface area (Å²) in [6, 6.07) is 6.35. The molecule has 1 aromatic rings. The number of likely N-dealkylation sites (N-methyl/N-ethyl adjacent to an activating group) is 2. The maximum Gasteiger partial charge on any atom is 0.236 e. The molecule has 0 bridgehead atoms. The topological polar surface area (TPSA) is 52.7 Å². The fourth-order valence-electron chi connectivity index (χ4n) is 2.39. The number of carbonyl (C=O) groups excluding carboxylic acids is 2. The minimum Gasteiger partial charge on any atom is -0.353 e. The lowest BCUT2D eigenvalue weighted by molar-refractivity contribution is -0.132. The molecule has 0 unspecified atom stereocenters. The minimum atomic E-state index is -0.0627. The van der Waals surface area contributed by atoms with E-state index in [4.69, 9.17) is 0 Å². The van der Waals surface area contributed by atoms with Crippen LogP contribution < -0.4 is 5.32 Å². The molecule has 0 heterocycles. The molecule has 5 heteroatoms. The van der Waals surface area contributed by atoms with Crippen molar-refractivity contribution in [2.24, 2.45) is 0 Å². The van der Waals surface area contributed by atoms with Gasteiger partial charge in [0.1, 0.15) is 0 Å². The zero-order valence-corrected chi connectivity index (χ0v) is 15.1. The fraction of sp³-hybridized carbons (Fsp3) is 0.556. The third kappa shape index (κ3) is 6.82. The molecule has 0 saturated heterocycles. The summed E-state index contributed by atoms with van der Waals surface area (Å²) in [4.78, 5) is 27.4. The highest BCUT2D eigenvalue weighted by Crippen LogP contribution is 2.12. The maximum atomic E-state index is 12.3. The van der Waals surface area contributed by atoms with Gasteiger partial charge in [0.25, 0.3) is 0 Å². The van der Waals surface area contributed by atoms with E-state index >= 15 is 0 Å². The lowest BCUT2D eigenvalue weighted by Gasteiger charge is -2.22. The van der Waals surface area contributed by atoms with E-state index in [0.717, 1.165) is 5.56 Å². The van der Waals surface area contributed by atoms with E-state index in [-0.39, 0.29) is 30.9 Å². The Morgan fingerprint density at radius 3 is 2.35 bits per heavy atom. The van der Waals surface area contributed by atoms with Crippen molar-refractivity contribution >= 4 is 11.8 Å². The number of hydrogen-bond donors (Lipinski definition) is 1.